The smallest absolute Gasteiger partial charge is 0.240 e. The first-order valence-corrected chi connectivity index (χ1v) is 9.19. The van der Waals surface area contributed by atoms with Gasteiger partial charge in [-0.25, -0.2) is 13.1 Å². The number of aliphatic hydroxyl groups excluding tert-OH is 1. The molecule has 0 radical (unpaired) electrons. The number of fused-ring (bicyclic) bond motifs is 1. The zero-order chi connectivity index (χ0) is 17.7. The Balaban J connectivity index is 1.69. The molecule has 0 saturated carbocycles. The highest BCUT2D eigenvalue weighted by Gasteiger charge is 2.14. The summed E-state index contributed by atoms with van der Waals surface area (Å²) in [6.07, 6.45) is 0.337. The first kappa shape index (κ1) is 17.3. The van der Waals surface area contributed by atoms with Gasteiger partial charge in [0.25, 0.3) is 0 Å². The van der Waals surface area contributed by atoms with Gasteiger partial charge < -0.3 is 10.4 Å². The molecule has 1 aromatic carbocycles. The molecule has 0 aliphatic heterocycles. The Morgan fingerprint density at radius 1 is 1.04 bits per heavy atom. The quantitative estimate of drug-likeness (QED) is 0.517. The second-order valence-corrected chi connectivity index (χ2v) is 6.98. The van der Waals surface area contributed by atoms with Crippen LogP contribution < -0.4 is 10.0 Å². The van der Waals surface area contributed by atoms with E-state index in [1.165, 1.54) is 12.1 Å². The zero-order valence-electron chi connectivity index (χ0n) is 13.3. The van der Waals surface area contributed by atoms with Crippen LogP contribution in [0, 0.1) is 0 Å². The van der Waals surface area contributed by atoms with Gasteiger partial charge in [-0.1, -0.05) is 18.2 Å². The van der Waals surface area contributed by atoms with Crippen LogP contribution in [-0.2, 0) is 16.4 Å². The van der Waals surface area contributed by atoms with Crippen LogP contribution in [0.2, 0.25) is 0 Å². The molecular formula is C15H18N6O3S. The number of hydrogen-bond acceptors (Lipinski definition) is 7. The summed E-state index contributed by atoms with van der Waals surface area (Å²) in [5.74, 6) is 1.12. The lowest BCUT2D eigenvalue weighted by molar-refractivity contribution is 0.311. The Morgan fingerprint density at radius 2 is 1.84 bits per heavy atom. The van der Waals surface area contributed by atoms with E-state index in [1.54, 1.807) is 34.8 Å². The summed E-state index contributed by atoms with van der Waals surface area (Å²) in [7, 11) is -3.55. The van der Waals surface area contributed by atoms with Gasteiger partial charge in [0.1, 0.15) is 5.82 Å². The van der Waals surface area contributed by atoms with E-state index in [0.29, 0.717) is 30.3 Å². The molecule has 9 nitrogen and oxygen atoms in total. The van der Waals surface area contributed by atoms with Crippen LogP contribution in [0.15, 0.2) is 47.4 Å². The van der Waals surface area contributed by atoms with Gasteiger partial charge in [0.15, 0.2) is 11.5 Å². The summed E-state index contributed by atoms with van der Waals surface area (Å²) >= 11 is 0. The van der Waals surface area contributed by atoms with Crippen molar-refractivity contribution in [3.05, 3.63) is 48.3 Å². The highest BCUT2D eigenvalue weighted by Crippen LogP contribution is 2.09. The van der Waals surface area contributed by atoms with Gasteiger partial charge in [-0.05, 0) is 24.3 Å². The maximum atomic E-state index is 12.2. The van der Waals surface area contributed by atoms with Crippen molar-refractivity contribution in [1.82, 2.24) is 24.5 Å². The molecule has 3 aromatic rings. The van der Waals surface area contributed by atoms with Crippen molar-refractivity contribution in [2.24, 2.45) is 0 Å². The molecule has 132 valence electrons. The second kappa shape index (κ2) is 7.55. The lowest BCUT2D eigenvalue weighted by Gasteiger charge is -2.06. The summed E-state index contributed by atoms with van der Waals surface area (Å²) in [6, 6.07) is 11.7. The average molecular weight is 362 g/mol. The lowest BCUT2D eigenvalue weighted by Crippen LogP contribution is -2.26. The van der Waals surface area contributed by atoms with E-state index in [0.717, 1.165) is 0 Å². The van der Waals surface area contributed by atoms with Gasteiger partial charge in [-0.15, -0.1) is 15.3 Å². The standard InChI is InChI=1S/C15H18N6O3S/c22-11-10-16-13-6-7-14-18-19-15(21(14)20-13)8-9-17-25(23,24)12-4-2-1-3-5-12/h1-7,17,22H,8-11H2,(H,16,20). The molecule has 0 bridgehead atoms. The van der Waals surface area contributed by atoms with E-state index in [1.807, 2.05) is 0 Å². The Kier molecular flexibility index (Phi) is 5.22. The molecule has 3 rings (SSSR count). The molecule has 10 heteroatoms. The normalized spacial score (nSPS) is 11.7. The van der Waals surface area contributed by atoms with Crippen molar-refractivity contribution in [3.63, 3.8) is 0 Å². The van der Waals surface area contributed by atoms with Crippen LogP contribution in [0.1, 0.15) is 5.82 Å². The number of hydrogen-bond donors (Lipinski definition) is 3. The van der Waals surface area contributed by atoms with Crippen molar-refractivity contribution < 1.29 is 13.5 Å². The summed E-state index contributed by atoms with van der Waals surface area (Å²) in [5.41, 5.74) is 0.565. The minimum absolute atomic E-state index is 0.00395. The Morgan fingerprint density at radius 3 is 2.60 bits per heavy atom. The van der Waals surface area contributed by atoms with Crippen molar-refractivity contribution in [2.45, 2.75) is 11.3 Å². The lowest BCUT2D eigenvalue weighted by atomic mass is 10.4. The molecule has 2 aromatic heterocycles. The monoisotopic (exact) mass is 362 g/mol. The third kappa shape index (κ3) is 4.10. The Hall–Kier alpha value is -2.56. The van der Waals surface area contributed by atoms with Crippen LogP contribution in [0.25, 0.3) is 5.65 Å². The number of aliphatic hydroxyl groups is 1. The minimum Gasteiger partial charge on any atom is -0.395 e. The first-order chi connectivity index (χ1) is 12.1. The Labute approximate surface area is 144 Å². The number of nitrogens with one attached hydrogen (secondary N) is 2. The number of anilines is 1. The highest BCUT2D eigenvalue weighted by atomic mass is 32.2. The molecule has 0 saturated heterocycles. The number of benzene rings is 1. The van der Waals surface area contributed by atoms with Crippen LogP contribution >= 0.6 is 0 Å². The van der Waals surface area contributed by atoms with Crippen molar-refractivity contribution in [1.29, 1.82) is 0 Å². The van der Waals surface area contributed by atoms with Gasteiger partial charge in [-0.2, -0.15) is 4.52 Å². The van der Waals surface area contributed by atoms with Crippen molar-refractivity contribution in [2.75, 3.05) is 25.0 Å². The second-order valence-electron chi connectivity index (χ2n) is 5.22. The fourth-order valence-electron chi connectivity index (χ4n) is 2.25. The summed E-state index contributed by atoms with van der Waals surface area (Å²) in [4.78, 5) is 0.217. The zero-order valence-corrected chi connectivity index (χ0v) is 14.1. The van der Waals surface area contributed by atoms with Crippen LogP contribution in [-0.4, -0.2) is 53.0 Å². The van der Waals surface area contributed by atoms with E-state index in [2.05, 4.69) is 25.3 Å². The van der Waals surface area contributed by atoms with E-state index in [4.69, 9.17) is 5.11 Å². The third-order valence-electron chi connectivity index (χ3n) is 3.44. The molecule has 0 aliphatic carbocycles. The van der Waals surface area contributed by atoms with Gasteiger partial charge in [0.2, 0.25) is 10.0 Å². The molecule has 25 heavy (non-hydrogen) atoms. The predicted molar refractivity (Wildman–Crippen MR) is 91.7 cm³/mol. The number of aromatic nitrogens is 4. The highest BCUT2D eigenvalue weighted by molar-refractivity contribution is 7.89. The molecule has 0 amide bonds. The van der Waals surface area contributed by atoms with E-state index in [-0.39, 0.29) is 18.0 Å². The molecule has 0 atom stereocenters. The minimum atomic E-state index is -3.55. The van der Waals surface area contributed by atoms with Gasteiger partial charge >= 0.3 is 0 Å². The average Bonchev–Trinajstić information content (AvgIpc) is 3.03. The van der Waals surface area contributed by atoms with Gasteiger partial charge in [0.05, 0.1) is 11.5 Å². The number of rotatable bonds is 8. The maximum absolute atomic E-state index is 12.2. The summed E-state index contributed by atoms with van der Waals surface area (Å²) in [5, 5.41) is 24.2. The number of sulfonamides is 1. The molecule has 0 fully saturated rings. The molecule has 2 heterocycles. The van der Waals surface area contributed by atoms with E-state index < -0.39 is 10.0 Å². The topological polar surface area (TPSA) is 122 Å². The molecule has 3 N–H and O–H groups in total. The van der Waals surface area contributed by atoms with Crippen molar-refractivity contribution in [3.8, 4) is 0 Å². The van der Waals surface area contributed by atoms with Crippen LogP contribution in [0.3, 0.4) is 0 Å². The summed E-state index contributed by atoms with van der Waals surface area (Å²) < 4.78 is 28.5. The molecule has 0 aliphatic rings. The first-order valence-electron chi connectivity index (χ1n) is 7.71. The molecular weight excluding hydrogens is 344 g/mol. The SMILES string of the molecule is O=S(=O)(NCCc1nnc2ccc(NCCO)nn12)c1ccccc1. The fourth-order valence-corrected chi connectivity index (χ4v) is 3.30. The predicted octanol–water partition coefficient (Wildman–Crippen LogP) is 0.0495. The molecule has 0 spiro atoms. The number of nitrogens with zero attached hydrogens (tertiary/aromatic N) is 4. The van der Waals surface area contributed by atoms with E-state index in [9.17, 15) is 8.42 Å². The molecule has 0 unspecified atom stereocenters. The third-order valence-corrected chi connectivity index (χ3v) is 4.92. The van der Waals surface area contributed by atoms with Crippen molar-refractivity contribution >= 4 is 21.5 Å². The van der Waals surface area contributed by atoms with Crippen LogP contribution in [0.5, 0.6) is 0 Å². The Bertz CT molecular complexity index is 942. The van der Waals surface area contributed by atoms with Gasteiger partial charge in [-0.3, -0.25) is 0 Å². The van der Waals surface area contributed by atoms with Crippen LogP contribution in [0.4, 0.5) is 5.82 Å². The summed E-state index contributed by atoms with van der Waals surface area (Å²) in [6.45, 7) is 0.552. The van der Waals surface area contributed by atoms with Gasteiger partial charge in [0, 0.05) is 19.5 Å². The maximum Gasteiger partial charge on any atom is 0.240 e. The fraction of sp³-hybridized carbons (Fsp3) is 0.267. The largest absolute Gasteiger partial charge is 0.395 e. The van der Waals surface area contributed by atoms with E-state index >= 15 is 0 Å².